The number of hydrogen-bond donors (Lipinski definition) is 0. The molecule has 2 aliphatic rings. The molecule has 2 heterocycles. The van der Waals surface area contributed by atoms with E-state index in [4.69, 9.17) is 0 Å². The standard InChI is InChI=1S/C17H14N2O3/c20-15-14(6-3-7-18-15)19-16(21)12-8-10-4-1-2-5-11(10)9-13(12)17(19)22/h1-2,4-5,8-9,14H,3,6-7H2,(H,18,20)/p-1/t14-/m0/s1. The molecule has 5 heteroatoms. The van der Waals surface area contributed by atoms with Crippen LogP contribution < -0.4 is 5.11 Å². The molecule has 0 bridgehead atoms. The van der Waals surface area contributed by atoms with E-state index in [2.05, 4.69) is 4.99 Å². The van der Waals surface area contributed by atoms with E-state index in [1.807, 2.05) is 24.3 Å². The maximum Gasteiger partial charge on any atom is 0.262 e. The van der Waals surface area contributed by atoms with Gasteiger partial charge in [-0.05, 0) is 41.6 Å². The van der Waals surface area contributed by atoms with Gasteiger partial charge in [0.1, 0.15) is 0 Å². The predicted octanol–water partition coefficient (Wildman–Crippen LogP) is 1.36. The van der Waals surface area contributed by atoms with Crippen LogP contribution in [0.1, 0.15) is 33.6 Å². The lowest BCUT2D eigenvalue weighted by atomic mass is 10.0. The Morgan fingerprint density at radius 2 is 1.64 bits per heavy atom. The first-order chi connectivity index (χ1) is 10.7. The molecular formula is C17H13N2O3-. The number of carbonyl (C=O) groups excluding carboxylic acids is 2. The van der Waals surface area contributed by atoms with Gasteiger partial charge in [0.15, 0.2) is 0 Å². The minimum atomic E-state index is -0.746. The van der Waals surface area contributed by atoms with Gasteiger partial charge in [-0.1, -0.05) is 24.3 Å². The highest BCUT2D eigenvalue weighted by molar-refractivity contribution is 6.24. The zero-order valence-corrected chi connectivity index (χ0v) is 11.8. The van der Waals surface area contributed by atoms with Crippen LogP contribution in [-0.2, 0) is 0 Å². The van der Waals surface area contributed by atoms with Gasteiger partial charge in [0, 0.05) is 6.54 Å². The second-order valence-electron chi connectivity index (χ2n) is 5.60. The zero-order valence-electron chi connectivity index (χ0n) is 11.8. The fraction of sp³-hybridized carbons (Fsp3) is 0.235. The van der Waals surface area contributed by atoms with Crippen molar-refractivity contribution in [1.29, 1.82) is 0 Å². The van der Waals surface area contributed by atoms with E-state index >= 15 is 0 Å². The number of nitrogens with zero attached hydrogens (tertiary/aromatic N) is 2. The zero-order chi connectivity index (χ0) is 15.3. The average molecular weight is 293 g/mol. The van der Waals surface area contributed by atoms with Gasteiger partial charge in [-0.15, -0.1) is 0 Å². The largest absolute Gasteiger partial charge is 0.861 e. The maximum absolute atomic E-state index is 12.6. The fourth-order valence-electron chi connectivity index (χ4n) is 3.17. The molecule has 0 radical (unpaired) electrons. The molecule has 2 aromatic rings. The number of aliphatic imine (C=N–C) groups is 1. The number of hydrogen-bond acceptors (Lipinski definition) is 4. The summed E-state index contributed by atoms with van der Waals surface area (Å²) in [6.45, 7) is 0.475. The molecule has 5 nitrogen and oxygen atoms in total. The molecule has 4 rings (SSSR count). The summed E-state index contributed by atoms with van der Waals surface area (Å²) in [5.41, 5.74) is 0.754. The molecule has 110 valence electrons. The fourth-order valence-corrected chi connectivity index (χ4v) is 3.17. The molecule has 0 fully saturated rings. The van der Waals surface area contributed by atoms with Gasteiger partial charge in [-0.25, -0.2) is 0 Å². The Bertz CT molecular complexity index is 786. The van der Waals surface area contributed by atoms with E-state index in [0.717, 1.165) is 15.7 Å². The van der Waals surface area contributed by atoms with Crippen molar-refractivity contribution >= 4 is 28.5 Å². The molecule has 0 saturated carbocycles. The van der Waals surface area contributed by atoms with Crippen LogP contribution in [0.25, 0.3) is 10.8 Å². The smallest absolute Gasteiger partial charge is 0.262 e. The van der Waals surface area contributed by atoms with Crippen LogP contribution in [0.3, 0.4) is 0 Å². The van der Waals surface area contributed by atoms with Gasteiger partial charge >= 0.3 is 0 Å². The van der Waals surface area contributed by atoms with E-state index in [-0.39, 0.29) is 17.7 Å². The van der Waals surface area contributed by atoms with Crippen LogP contribution in [0, 0.1) is 0 Å². The third-order valence-corrected chi connectivity index (χ3v) is 4.28. The SMILES string of the molecule is O=C1c2cc3ccccc3cc2C(=O)N1[C@H]1CCCN=C1[O-]. The summed E-state index contributed by atoms with van der Waals surface area (Å²) in [4.78, 5) is 30.2. The van der Waals surface area contributed by atoms with E-state index in [9.17, 15) is 14.7 Å². The number of rotatable bonds is 1. The third-order valence-electron chi connectivity index (χ3n) is 4.28. The topological polar surface area (TPSA) is 72.8 Å². The summed E-state index contributed by atoms with van der Waals surface area (Å²) in [5, 5.41) is 13.8. The normalized spacial score (nSPS) is 21.2. The minimum absolute atomic E-state index is 0.370. The molecule has 0 unspecified atom stereocenters. The Kier molecular flexibility index (Phi) is 2.76. The van der Waals surface area contributed by atoms with Crippen molar-refractivity contribution in [3.8, 4) is 0 Å². The van der Waals surface area contributed by atoms with Crippen LogP contribution in [0.2, 0.25) is 0 Å². The molecule has 0 saturated heterocycles. The predicted molar refractivity (Wildman–Crippen MR) is 79.8 cm³/mol. The van der Waals surface area contributed by atoms with Crippen molar-refractivity contribution in [1.82, 2.24) is 4.90 Å². The number of carbonyl (C=O) groups is 2. The van der Waals surface area contributed by atoms with Crippen molar-refractivity contribution in [2.45, 2.75) is 18.9 Å². The Labute approximate surface area is 126 Å². The Morgan fingerprint density at radius 3 is 2.18 bits per heavy atom. The van der Waals surface area contributed by atoms with Gasteiger partial charge in [-0.3, -0.25) is 14.5 Å². The first-order valence-electron chi connectivity index (χ1n) is 7.29. The van der Waals surface area contributed by atoms with Crippen molar-refractivity contribution in [2.75, 3.05) is 6.54 Å². The van der Waals surface area contributed by atoms with Gasteiger partial charge in [0.05, 0.1) is 17.2 Å². The highest BCUT2D eigenvalue weighted by Gasteiger charge is 2.40. The first-order valence-corrected chi connectivity index (χ1v) is 7.29. The average Bonchev–Trinajstić information content (AvgIpc) is 2.77. The molecule has 2 aromatic carbocycles. The molecule has 22 heavy (non-hydrogen) atoms. The van der Waals surface area contributed by atoms with Crippen LogP contribution in [-0.4, -0.2) is 35.2 Å². The molecule has 0 aliphatic carbocycles. The van der Waals surface area contributed by atoms with Crippen molar-refractivity contribution < 1.29 is 14.7 Å². The summed E-state index contributed by atoms with van der Waals surface area (Å²) in [6, 6.07) is 10.3. The van der Waals surface area contributed by atoms with Gasteiger partial charge < -0.3 is 10.1 Å². The molecule has 0 N–H and O–H groups in total. The first kappa shape index (κ1) is 13.0. The monoisotopic (exact) mass is 293 g/mol. The summed E-state index contributed by atoms with van der Waals surface area (Å²) in [5.74, 6) is -1.15. The van der Waals surface area contributed by atoms with E-state index in [1.54, 1.807) is 12.1 Å². The second kappa shape index (κ2) is 4.66. The summed E-state index contributed by atoms with van der Waals surface area (Å²) in [7, 11) is 0. The summed E-state index contributed by atoms with van der Waals surface area (Å²) >= 11 is 0. The number of fused-ring (bicyclic) bond motifs is 2. The lowest BCUT2D eigenvalue weighted by Gasteiger charge is -2.33. The third kappa shape index (κ3) is 1.75. The van der Waals surface area contributed by atoms with E-state index in [1.165, 1.54) is 0 Å². The summed E-state index contributed by atoms with van der Waals surface area (Å²) in [6.07, 6.45) is 1.21. The quantitative estimate of drug-likeness (QED) is 0.745. The lowest BCUT2D eigenvalue weighted by Crippen LogP contribution is -2.50. The Hall–Kier alpha value is -2.69. The highest BCUT2D eigenvalue weighted by atomic mass is 16.3. The van der Waals surface area contributed by atoms with Crippen LogP contribution in [0.4, 0.5) is 0 Å². The van der Waals surface area contributed by atoms with Crippen molar-refractivity contribution in [3.63, 3.8) is 0 Å². The second-order valence-corrected chi connectivity index (χ2v) is 5.60. The minimum Gasteiger partial charge on any atom is -0.861 e. The van der Waals surface area contributed by atoms with Crippen molar-refractivity contribution in [3.05, 3.63) is 47.5 Å². The molecule has 1 atom stereocenters. The van der Waals surface area contributed by atoms with E-state index < -0.39 is 6.04 Å². The molecule has 0 spiro atoms. The van der Waals surface area contributed by atoms with Gasteiger partial charge in [-0.2, -0.15) is 0 Å². The molecule has 0 aromatic heterocycles. The Balaban J connectivity index is 1.84. The van der Waals surface area contributed by atoms with E-state index in [0.29, 0.717) is 30.5 Å². The van der Waals surface area contributed by atoms with Crippen LogP contribution in [0.5, 0.6) is 0 Å². The van der Waals surface area contributed by atoms with Gasteiger partial charge in [0.25, 0.3) is 11.8 Å². The lowest BCUT2D eigenvalue weighted by molar-refractivity contribution is -0.224. The van der Waals surface area contributed by atoms with Crippen molar-refractivity contribution in [2.24, 2.45) is 4.99 Å². The number of imide groups is 1. The number of benzene rings is 2. The van der Waals surface area contributed by atoms with Crippen LogP contribution >= 0.6 is 0 Å². The Morgan fingerprint density at radius 1 is 1.05 bits per heavy atom. The van der Waals surface area contributed by atoms with Gasteiger partial charge in [0.2, 0.25) is 0 Å². The summed E-state index contributed by atoms with van der Waals surface area (Å²) < 4.78 is 0. The highest BCUT2D eigenvalue weighted by Crippen LogP contribution is 2.30. The molecule has 2 amide bonds. The molecular weight excluding hydrogens is 280 g/mol. The maximum atomic E-state index is 12.6. The number of amides is 2. The van der Waals surface area contributed by atoms with Crippen LogP contribution in [0.15, 0.2) is 41.4 Å². The molecule has 2 aliphatic heterocycles.